The van der Waals surface area contributed by atoms with Gasteiger partial charge in [-0.1, -0.05) is 176 Å². The zero-order chi connectivity index (χ0) is 41.3. The Labute approximate surface area is 368 Å². The molecule has 300 valence electrons. The molecular formula is C60H45N3. The second-order valence-corrected chi connectivity index (χ2v) is 19.1. The van der Waals surface area contributed by atoms with Crippen LogP contribution in [-0.2, 0) is 10.8 Å². The fraction of sp³-hybridized carbons (Fsp3) is 0.183. The zero-order valence-corrected chi connectivity index (χ0v) is 35.1. The number of nitrogens with zero attached hydrogens (tertiary/aromatic N) is 3. The van der Waals surface area contributed by atoms with E-state index in [4.69, 9.17) is 15.0 Å². The third kappa shape index (κ3) is 4.83. The molecule has 15 rings (SSSR count). The van der Waals surface area contributed by atoms with Gasteiger partial charge >= 0.3 is 0 Å². The van der Waals surface area contributed by atoms with Crippen LogP contribution in [0.2, 0.25) is 0 Å². The minimum atomic E-state index is -0.489. The molecule has 0 amide bonds. The van der Waals surface area contributed by atoms with Crippen LogP contribution < -0.4 is 0 Å². The van der Waals surface area contributed by atoms with Crippen molar-refractivity contribution in [2.24, 2.45) is 23.7 Å². The summed E-state index contributed by atoms with van der Waals surface area (Å²) in [7, 11) is 0. The van der Waals surface area contributed by atoms with E-state index in [0.717, 1.165) is 33.9 Å². The van der Waals surface area contributed by atoms with Crippen molar-refractivity contribution >= 4 is 10.8 Å². The molecular weight excluding hydrogens is 763 g/mol. The Morgan fingerprint density at radius 3 is 1.44 bits per heavy atom. The molecule has 0 atom stereocenters. The van der Waals surface area contributed by atoms with Gasteiger partial charge in [-0.3, -0.25) is 0 Å². The maximum atomic E-state index is 5.50. The van der Waals surface area contributed by atoms with E-state index < -0.39 is 5.41 Å². The van der Waals surface area contributed by atoms with E-state index in [9.17, 15) is 0 Å². The molecule has 3 nitrogen and oxygen atoms in total. The van der Waals surface area contributed by atoms with Crippen molar-refractivity contribution in [1.82, 2.24) is 15.0 Å². The Balaban J connectivity index is 1.05. The van der Waals surface area contributed by atoms with Gasteiger partial charge in [-0.05, 0) is 134 Å². The number of rotatable bonds is 4. The van der Waals surface area contributed by atoms with Crippen LogP contribution in [0.15, 0.2) is 188 Å². The van der Waals surface area contributed by atoms with Gasteiger partial charge in [0.05, 0.1) is 5.41 Å². The summed E-state index contributed by atoms with van der Waals surface area (Å²) in [6, 6.07) is 69.8. The van der Waals surface area contributed by atoms with Crippen LogP contribution in [0.1, 0.15) is 65.5 Å². The Bertz CT molecular complexity index is 3240. The number of hydrogen-bond acceptors (Lipinski definition) is 3. The third-order valence-corrected chi connectivity index (χ3v) is 16.2. The van der Waals surface area contributed by atoms with E-state index in [-0.39, 0.29) is 5.41 Å². The molecule has 4 fully saturated rings. The van der Waals surface area contributed by atoms with Crippen molar-refractivity contribution in [3.8, 4) is 56.4 Å². The molecule has 0 radical (unpaired) electrons. The predicted molar refractivity (Wildman–Crippen MR) is 254 cm³/mol. The largest absolute Gasteiger partial charge is 0.208 e. The van der Waals surface area contributed by atoms with Crippen molar-refractivity contribution in [1.29, 1.82) is 0 Å². The first-order chi connectivity index (χ1) is 31.2. The minimum Gasteiger partial charge on any atom is -0.208 e. The van der Waals surface area contributed by atoms with Crippen molar-refractivity contribution in [3.63, 3.8) is 0 Å². The van der Waals surface area contributed by atoms with Crippen LogP contribution in [0, 0.1) is 23.7 Å². The van der Waals surface area contributed by atoms with Crippen LogP contribution in [0.3, 0.4) is 0 Å². The van der Waals surface area contributed by atoms with E-state index >= 15 is 0 Å². The van der Waals surface area contributed by atoms with E-state index in [1.807, 2.05) is 0 Å². The summed E-state index contributed by atoms with van der Waals surface area (Å²) in [6.45, 7) is 0. The maximum absolute atomic E-state index is 5.50. The van der Waals surface area contributed by atoms with Crippen molar-refractivity contribution in [3.05, 3.63) is 221 Å². The lowest BCUT2D eigenvalue weighted by Crippen LogP contribution is -2.59. The van der Waals surface area contributed by atoms with Gasteiger partial charge in [0.15, 0.2) is 17.5 Å². The first kappa shape index (κ1) is 35.6. The highest BCUT2D eigenvalue weighted by Gasteiger charge is 2.64. The second kappa shape index (κ2) is 13.3. The van der Waals surface area contributed by atoms with E-state index in [2.05, 4.69) is 188 Å². The fourth-order valence-electron chi connectivity index (χ4n) is 14.1. The molecule has 0 unspecified atom stereocenters. The van der Waals surface area contributed by atoms with E-state index in [1.54, 1.807) is 5.56 Å². The van der Waals surface area contributed by atoms with Crippen LogP contribution in [-0.4, -0.2) is 15.0 Å². The number of hydrogen-bond donors (Lipinski definition) is 0. The molecule has 0 N–H and O–H groups in total. The fourth-order valence-corrected chi connectivity index (χ4v) is 14.1. The lowest BCUT2D eigenvalue weighted by Gasteiger charge is -2.65. The molecule has 6 aliphatic carbocycles. The van der Waals surface area contributed by atoms with Crippen molar-refractivity contribution in [2.75, 3.05) is 0 Å². The van der Waals surface area contributed by atoms with Gasteiger partial charge in [-0.15, -0.1) is 0 Å². The summed E-state index contributed by atoms with van der Waals surface area (Å²) in [5.41, 5.74) is 16.3. The van der Waals surface area contributed by atoms with Gasteiger partial charge in [-0.2, -0.15) is 0 Å². The molecule has 9 aromatic rings. The Kier molecular flexibility index (Phi) is 7.50. The van der Waals surface area contributed by atoms with Gasteiger partial charge in [0.2, 0.25) is 0 Å². The van der Waals surface area contributed by atoms with Gasteiger partial charge in [-0.25, -0.2) is 15.0 Å². The molecule has 63 heavy (non-hydrogen) atoms. The van der Waals surface area contributed by atoms with Gasteiger partial charge < -0.3 is 0 Å². The quantitative estimate of drug-likeness (QED) is 0.178. The normalized spacial score (nSPS) is 22.8. The molecule has 0 saturated heterocycles. The average Bonchev–Trinajstić information content (AvgIpc) is 3.64. The van der Waals surface area contributed by atoms with Crippen LogP contribution in [0.25, 0.3) is 67.2 Å². The first-order valence-corrected chi connectivity index (χ1v) is 23.0. The molecule has 1 heterocycles. The third-order valence-electron chi connectivity index (χ3n) is 16.2. The summed E-state index contributed by atoms with van der Waals surface area (Å²) in [4.78, 5) is 16.2. The van der Waals surface area contributed by atoms with E-state index in [0.29, 0.717) is 29.3 Å². The Morgan fingerprint density at radius 1 is 0.317 bits per heavy atom. The Hall–Kier alpha value is -6.97. The summed E-state index contributed by atoms with van der Waals surface area (Å²) in [5.74, 6) is 5.03. The van der Waals surface area contributed by atoms with Gasteiger partial charge in [0.1, 0.15) is 0 Å². The average molecular weight is 808 g/mol. The van der Waals surface area contributed by atoms with Crippen molar-refractivity contribution < 1.29 is 0 Å². The van der Waals surface area contributed by atoms with Gasteiger partial charge in [0.25, 0.3) is 0 Å². The van der Waals surface area contributed by atoms with Gasteiger partial charge in [0, 0.05) is 22.1 Å². The molecule has 3 heteroatoms. The van der Waals surface area contributed by atoms with Crippen molar-refractivity contribution in [2.45, 2.75) is 42.9 Å². The second-order valence-electron chi connectivity index (χ2n) is 19.1. The van der Waals surface area contributed by atoms with Crippen LogP contribution in [0.5, 0.6) is 0 Å². The van der Waals surface area contributed by atoms with Crippen LogP contribution in [0.4, 0.5) is 0 Å². The summed E-state index contributed by atoms with van der Waals surface area (Å²) >= 11 is 0. The Morgan fingerprint density at radius 2 is 0.794 bits per heavy atom. The highest BCUT2D eigenvalue weighted by molar-refractivity contribution is 6.04. The number of aromatic nitrogens is 3. The first-order valence-electron chi connectivity index (χ1n) is 23.0. The molecule has 6 aliphatic rings. The van der Waals surface area contributed by atoms with Crippen LogP contribution >= 0.6 is 0 Å². The molecule has 4 bridgehead atoms. The smallest absolute Gasteiger partial charge is 0.164 e. The standard InChI is InChI=1S/C60H45N3/c1-3-15-39(16-4-1)44-28-29-49(46-20-8-7-19-45(44)46)58-62-56(40-17-5-2-6-18-40)61-57(63-58)41-27-30-54-55(36-41)60(50-23-11-9-21-47(50)48-22-10-12-24-51(48)60)53-26-14-13-25-52(53)59(54)42-32-37-31-38(34-42)35-43(59)33-37/h1-30,36-38,42-43H,31-35H2. The summed E-state index contributed by atoms with van der Waals surface area (Å²) in [5, 5.41) is 2.30. The topological polar surface area (TPSA) is 38.7 Å². The highest BCUT2D eigenvalue weighted by atomic mass is 15.0. The minimum absolute atomic E-state index is 0.0333. The summed E-state index contributed by atoms with van der Waals surface area (Å²) < 4.78 is 0. The molecule has 2 spiro atoms. The molecule has 4 saturated carbocycles. The number of benzene rings is 8. The molecule has 1 aromatic heterocycles. The number of fused-ring (bicyclic) bond motifs is 10. The lowest BCUT2D eigenvalue weighted by atomic mass is 9.38. The molecule has 8 aromatic carbocycles. The molecule has 0 aliphatic heterocycles. The summed E-state index contributed by atoms with van der Waals surface area (Å²) in [6.07, 6.45) is 6.75. The maximum Gasteiger partial charge on any atom is 0.164 e. The lowest BCUT2D eigenvalue weighted by molar-refractivity contribution is -0.0440. The monoisotopic (exact) mass is 807 g/mol. The highest BCUT2D eigenvalue weighted by Crippen LogP contribution is 2.71. The predicted octanol–water partition coefficient (Wildman–Crippen LogP) is 14.1. The van der Waals surface area contributed by atoms with E-state index in [1.165, 1.54) is 87.6 Å². The SMILES string of the molecule is c1ccc(-c2nc(-c3ccc4c(c3)C3(c5ccccc5-c5ccccc53)c3ccccc3C43C4CC5CC(C4)CC3C5)nc(-c3ccc(-c4ccccc4)c4ccccc34)n2)cc1. The zero-order valence-electron chi connectivity index (χ0n) is 35.1.